The van der Waals surface area contributed by atoms with E-state index >= 15 is 0 Å². The zero-order chi connectivity index (χ0) is 36.0. The molecule has 0 spiro atoms. The van der Waals surface area contributed by atoms with E-state index in [1.54, 1.807) is 0 Å². The first-order chi connectivity index (χ1) is 16.0. The Kier molecular flexibility index (Phi) is 46.6. The van der Waals surface area contributed by atoms with Gasteiger partial charge in [-0.1, -0.05) is 0 Å². The Hall–Kier alpha value is 2.67. The van der Waals surface area contributed by atoms with Gasteiger partial charge < -0.3 is 0 Å². The Balaban J connectivity index is -0.0000000406. The summed E-state index contributed by atoms with van der Waals surface area (Å²) in [5.74, 6) is 0. The van der Waals surface area contributed by atoms with Gasteiger partial charge in [-0.15, -0.1) is 0 Å². The van der Waals surface area contributed by atoms with E-state index in [0.29, 0.717) is 0 Å². The minimum absolute atomic E-state index is 0. The van der Waals surface area contributed by atoms with Crippen LogP contribution in [0.4, 0.5) is 0 Å². The van der Waals surface area contributed by atoms with E-state index in [1.165, 1.54) is 0 Å². The van der Waals surface area contributed by atoms with Crippen LogP contribution < -0.4 is 89.7 Å². The summed E-state index contributed by atoms with van der Waals surface area (Å²) in [4.78, 5) is 0. The van der Waals surface area contributed by atoms with Crippen LogP contribution in [0.3, 0.4) is 0 Å². The molecule has 0 heterocycles. The second kappa shape index (κ2) is 28.9. The molecule has 0 atom stereocenters. The van der Waals surface area contributed by atoms with E-state index in [4.69, 9.17) is 115 Å². The van der Waals surface area contributed by atoms with Crippen LogP contribution in [-0.2, 0) is 188 Å². The van der Waals surface area contributed by atoms with Crippen LogP contribution >= 0.6 is 0 Å². The molecule has 0 aromatic heterocycles. The average Bonchev–Trinajstić information content (AvgIpc) is 2.16. The molecule has 0 aliphatic carbocycles. The molecule has 41 heavy (non-hydrogen) atoms. The molecular formula is Mo8NaO32-15. The molecule has 0 N–H and O–H groups in total. The van der Waals surface area contributed by atoms with Crippen LogP contribution in [0.1, 0.15) is 0 Å². The van der Waals surface area contributed by atoms with Crippen LogP contribution in [0.15, 0.2) is 0 Å². The maximum atomic E-state index is 8.63. The summed E-state index contributed by atoms with van der Waals surface area (Å²) >= 11 is -48.2. The summed E-state index contributed by atoms with van der Waals surface area (Å²) < 4.78 is 276. The molecule has 0 aliphatic rings. The Morgan fingerprint density at radius 1 is 0.171 bits per heavy atom. The molecule has 41 heteroatoms. The van der Waals surface area contributed by atoms with E-state index in [1.807, 2.05) is 0 Å². The van der Waals surface area contributed by atoms with Crippen LogP contribution in [0, 0.1) is 0 Å². The quantitative estimate of drug-likeness (QED) is 0.203. The molecule has 0 aromatic rings. The number of hydrogen-bond donors (Lipinski definition) is 0. The first kappa shape index (κ1) is 66.1. The summed E-state index contributed by atoms with van der Waals surface area (Å²) in [6, 6.07) is 0. The van der Waals surface area contributed by atoms with Crippen molar-refractivity contribution in [2.75, 3.05) is 0 Å². The van der Waals surface area contributed by atoms with Crippen LogP contribution in [0.2, 0.25) is 0 Å². The van der Waals surface area contributed by atoms with E-state index in [-0.39, 0.29) is 29.6 Å². The second-order valence-corrected chi connectivity index (χ2v) is 19.3. The summed E-state index contributed by atoms with van der Waals surface area (Å²) in [5.41, 5.74) is 0. The van der Waals surface area contributed by atoms with Crippen molar-refractivity contribution in [1.29, 1.82) is 0 Å². The van der Waals surface area contributed by atoms with Crippen LogP contribution in [-0.4, -0.2) is 0 Å². The Labute approximate surface area is 273 Å². The fourth-order valence-electron chi connectivity index (χ4n) is 0. The van der Waals surface area contributed by atoms with Gasteiger partial charge in [0.05, 0.1) is 0 Å². The average molecular weight is 1300 g/mol. The molecular weight excluding hydrogens is 1300 g/mol. The Morgan fingerprint density at radius 2 is 0.171 bits per heavy atom. The first-order valence-electron chi connectivity index (χ1n) is 5.33. The zero-order valence-corrected chi connectivity index (χ0v) is 35.4. The number of hydrogen-bond acceptors (Lipinski definition) is 32. The summed E-state index contributed by atoms with van der Waals surface area (Å²) in [7, 11) is 0. The van der Waals surface area contributed by atoms with Crippen molar-refractivity contribution < 1.29 is 278 Å². The van der Waals surface area contributed by atoms with Crippen molar-refractivity contribution in [2.45, 2.75) is 0 Å². The summed E-state index contributed by atoms with van der Waals surface area (Å²) in [6.07, 6.45) is 0. The van der Waals surface area contributed by atoms with Crippen molar-refractivity contribution in [3.8, 4) is 0 Å². The van der Waals surface area contributed by atoms with E-state index in [2.05, 4.69) is 0 Å². The monoisotopic (exact) mass is 1320 g/mol. The molecule has 0 saturated carbocycles. The summed E-state index contributed by atoms with van der Waals surface area (Å²) in [6.45, 7) is 0. The Morgan fingerprint density at radius 3 is 0.171 bits per heavy atom. The molecule has 32 nitrogen and oxygen atoms in total. The predicted octanol–water partition coefficient (Wildman–Crippen LogP) is -23.9. The molecule has 0 aliphatic heterocycles. The fourth-order valence-corrected chi connectivity index (χ4v) is 0. The van der Waals surface area contributed by atoms with Gasteiger partial charge in [0.25, 0.3) is 0 Å². The Bertz CT molecular complexity index is 1060. The molecule has 0 saturated heterocycles. The molecule has 256 valence electrons. The second-order valence-electron chi connectivity index (χ2n) is 3.27. The minimum atomic E-state index is -6.02. The van der Waals surface area contributed by atoms with Gasteiger partial charge >= 0.3 is 278 Å². The van der Waals surface area contributed by atoms with Gasteiger partial charge in [0.1, 0.15) is 0 Å². The van der Waals surface area contributed by atoms with E-state index in [0.717, 1.165) is 0 Å². The van der Waals surface area contributed by atoms with E-state index < -0.39 is 134 Å². The van der Waals surface area contributed by atoms with E-state index in [9.17, 15) is 0 Å². The van der Waals surface area contributed by atoms with Gasteiger partial charge in [0, 0.05) is 0 Å². The van der Waals surface area contributed by atoms with Crippen LogP contribution in [0.5, 0.6) is 0 Å². The molecule has 0 radical (unpaired) electrons. The van der Waals surface area contributed by atoms with Gasteiger partial charge in [-0.2, -0.15) is 0 Å². The standard InChI is InChI=1S/8Mo.Na.32O/q;;;;;;;;+1;;;;;;;;;;;;;;;;;16*-1. The fraction of sp³-hybridized carbons (Fsp3) is 0. The topological polar surface area (TPSA) is 642 Å². The molecule has 0 bridgehead atoms. The third-order valence-corrected chi connectivity index (χ3v) is 0. The zero-order valence-electron chi connectivity index (χ0n) is 17.3. The van der Waals surface area contributed by atoms with Gasteiger partial charge in [-0.25, -0.2) is 0 Å². The van der Waals surface area contributed by atoms with Crippen LogP contribution in [0.25, 0.3) is 0 Å². The molecule has 0 unspecified atom stereocenters. The maximum absolute atomic E-state index is 8.63. The normalized spacial score (nSPS) is 11.3. The van der Waals surface area contributed by atoms with Crippen molar-refractivity contribution in [3.05, 3.63) is 0 Å². The summed E-state index contributed by atoms with van der Waals surface area (Å²) in [5, 5.41) is 0. The van der Waals surface area contributed by atoms with Gasteiger partial charge in [0.15, 0.2) is 0 Å². The van der Waals surface area contributed by atoms with Gasteiger partial charge in [-0.05, 0) is 0 Å². The molecule has 0 aromatic carbocycles. The number of rotatable bonds is 0. The molecule has 0 rings (SSSR count). The van der Waals surface area contributed by atoms with Gasteiger partial charge in [0.2, 0.25) is 0 Å². The van der Waals surface area contributed by atoms with Crippen molar-refractivity contribution in [3.63, 3.8) is 0 Å². The molecule has 0 fully saturated rings. The van der Waals surface area contributed by atoms with Crippen molar-refractivity contribution in [1.82, 2.24) is 0 Å². The third kappa shape index (κ3) is 9920. The van der Waals surface area contributed by atoms with Crippen molar-refractivity contribution >= 4 is 0 Å². The van der Waals surface area contributed by atoms with Gasteiger partial charge in [-0.3, -0.25) is 0 Å². The third-order valence-electron chi connectivity index (χ3n) is 0. The predicted molar refractivity (Wildman–Crippen MR) is 11.0 cm³/mol. The SMILES string of the molecule is [Na+].[O]=[Mo](=[O])([O-])[O-].[O]=[Mo](=[O])([O-])[O-].[O]=[Mo](=[O])([O-])[O-].[O]=[Mo](=[O])([O-])[O-].[O]=[Mo](=[O])([O-])[O-].[O]=[Mo](=[O])([O-])[O-].[O]=[Mo](=[O])([O-])[O-].[O]=[Mo](=[O])([O-])[O-]. The molecule has 0 amide bonds. The first-order valence-corrected chi connectivity index (χ1v) is 31.6. The van der Waals surface area contributed by atoms with Crippen molar-refractivity contribution in [2.24, 2.45) is 0 Å².